The third-order valence-corrected chi connectivity index (χ3v) is 7.61. The molecule has 0 amide bonds. The molecule has 0 radical (unpaired) electrons. The number of rotatable bonds is 7. The minimum absolute atomic E-state index is 0.0733. The number of allylic oxidation sites excluding steroid dienone is 2. The number of aliphatic hydroxyl groups is 1. The molecule has 0 saturated carbocycles. The summed E-state index contributed by atoms with van der Waals surface area (Å²) in [5, 5.41) is 13.3. The van der Waals surface area contributed by atoms with E-state index in [1.165, 1.54) is 12.1 Å². The lowest BCUT2D eigenvalue weighted by molar-refractivity contribution is -0.0557. The van der Waals surface area contributed by atoms with Crippen LogP contribution in [0.4, 0.5) is 0 Å². The molecule has 2 heterocycles. The highest BCUT2D eigenvalue weighted by atomic mass is 16.4. The van der Waals surface area contributed by atoms with E-state index in [0.717, 1.165) is 5.56 Å². The number of hydrogen-bond acceptors (Lipinski definition) is 6. The Balaban J connectivity index is 1.60. The van der Waals surface area contributed by atoms with Gasteiger partial charge >= 0.3 is 5.63 Å². The molecule has 206 valence electrons. The first kappa shape index (κ1) is 26.9. The van der Waals surface area contributed by atoms with E-state index in [0.29, 0.717) is 27.8 Å². The molecule has 1 aliphatic rings. The number of carbonyl (C=O) groups excluding carboxylic acids is 2. The van der Waals surface area contributed by atoms with E-state index in [1.54, 1.807) is 90.7 Å². The topological polar surface area (TPSA) is 87.8 Å². The van der Waals surface area contributed by atoms with E-state index >= 15 is 0 Å². The molecule has 1 N–H and O–H groups in total. The van der Waals surface area contributed by atoms with Gasteiger partial charge in [0.25, 0.3) is 0 Å². The minimum atomic E-state index is -1.90. The normalized spacial score (nSPS) is 17.7. The van der Waals surface area contributed by atoms with Gasteiger partial charge in [-0.3, -0.25) is 9.59 Å². The predicted octanol–water partition coefficient (Wildman–Crippen LogP) is 6.42. The maximum atomic E-state index is 14.4. The monoisotopic (exact) mass is 553 g/mol. The van der Waals surface area contributed by atoms with Crippen molar-refractivity contribution in [2.24, 2.45) is 0 Å². The lowest BCUT2D eigenvalue weighted by atomic mass is 9.86. The van der Waals surface area contributed by atoms with Crippen LogP contribution in [0.2, 0.25) is 0 Å². The third-order valence-electron chi connectivity index (χ3n) is 7.61. The maximum absolute atomic E-state index is 14.4. The van der Waals surface area contributed by atoms with Gasteiger partial charge in [-0.1, -0.05) is 109 Å². The number of ketones is 2. The summed E-state index contributed by atoms with van der Waals surface area (Å²) in [4.78, 5) is 42.8. The second-order valence-electron chi connectivity index (χ2n) is 10.2. The van der Waals surface area contributed by atoms with E-state index < -0.39 is 17.1 Å². The molecule has 4 aromatic carbocycles. The average Bonchev–Trinajstić information content (AvgIpc) is 3.23. The Morgan fingerprint density at radius 1 is 0.833 bits per heavy atom. The van der Waals surface area contributed by atoms with Crippen LogP contribution in [0, 0.1) is 0 Å². The molecule has 5 aromatic rings. The fourth-order valence-electron chi connectivity index (χ4n) is 5.50. The lowest BCUT2D eigenvalue weighted by Gasteiger charge is -2.38. The van der Waals surface area contributed by atoms with Gasteiger partial charge < -0.3 is 14.4 Å². The second kappa shape index (κ2) is 10.9. The van der Waals surface area contributed by atoms with Crippen molar-refractivity contribution >= 4 is 22.5 Å². The fourth-order valence-corrected chi connectivity index (χ4v) is 5.50. The van der Waals surface area contributed by atoms with Crippen molar-refractivity contribution in [1.29, 1.82) is 0 Å². The van der Waals surface area contributed by atoms with Crippen molar-refractivity contribution in [3.05, 3.63) is 177 Å². The minimum Gasteiger partial charge on any atom is -0.422 e. The Hall–Kier alpha value is -5.33. The van der Waals surface area contributed by atoms with Crippen molar-refractivity contribution in [2.45, 2.75) is 19.2 Å². The first-order valence-corrected chi connectivity index (χ1v) is 13.6. The number of para-hydroxylation sites is 1. The SMILES string of the molecule is CC1=C(C(=O)c2cc3ccccc3oc2=O)/C(=C/C(=O)c2ccccc2)C(O)(c2ccccc2)N1Cc1ccccc1. The molecule has 42 heavy (non-hydrogen) atoms. The smallest absolute Gasteiger partial charge is 0.347 e. The number of Topliss-reactive ketones (excluding diaryl/α,β-unsaturated/α-hetero) is 1. The quantitative estimate of drug-likeness (QED) is 0.142. The molecule has 1 unspecified atom stereocenters. The van der Waals surface area contributed by atoms with Crippen molar-refractivity contribution in [1.82, 2.24) is 4.90 Å². The van der Waals surface area contributed by atoms with Crippen LogP contribution >= 0.6 is 0 Å². The van der Waals surface area contributed by atoms with Crippen LogP contribution in [0.1, 0.15) is 38.8 Å². The summed E-state index contributed by atoms with van der Waals surface area (Å²) in [6, 6.07) is 35.6. The van der Waals surface area contributed by atoms with Gasteiger partial charge in [-0.15, -0.1) is 0 Å². The van der Waals surface area contributed by atoms with Crippen molar-refractivity contribution in [3.8, 4) is 0 Å². The summed E-state index contributed by atoms with van der Waals surface area (Å²) in [7, 11) is 0. The molecule has 6 rings (SSSR count). The molecule has 1 aliphatic heterocycles. The first-order chi connectivity index (χ1) is 20.4. The molecular formula is C36H27NO5. The summed E-state index contributed by atoms with van der Waals surface area (Å²) in [6.07, 6.45) is 1.31. The maximum Gasteiger partial charge on any atom is 0.347 e. The fraction of sp³-hybridized carbons (Fsp3) is 0.0833. The molecule has 1 aromatic heterocycles. The zero-order chi connectivity index (χ0) is 29.3. The average molecular weight is 554 g/mol. The first-order valence-electron chi connectivity index (χ1n) is 13.6. The van der Waals surface area contributed by atoms with E-state index in [-0.39, 0.29) is 29.0 Å². The highest BCUT2D eigenvalue weighted by molar-refractivity contribution is 6.15. The van der Waals surface area contributed by atoms with E-state index in [2.05, 4.69) is 0 Å². The molecule has 6 nitrogen and oxygen atoms in total. The van der Waals surface area contributed by atoms with Crippen molar-refractivity contribution in [2.75, 3.05) is 0 Å². The summed E-state index contributed by atoms with van der Waals surface area (Å²) in [5.74, 6) is -1.02. The summed E-state index contributed by atoms with van der Waals surface area (Å²) in [5.41, 5.74) is -0.162. The molecule has 0 fully saturated rings. The van der Waals surface area contributed by atoms with Gasteiger partial charge in [0, 0.05) is 34.3 Å². The summed E-state index contributed by atoms with van der Waals surface area (Å²) >= 11 is 0. The number of hydrogen-bond donors (Lipinski definition) is 1. The van der Waals surface area contributed by atoms with E-state index in [9.17, 15) is 19.5 Å². The van der Waals surface area contributed by atoms with Gasteiger partial charge in [0.1, 0.15) is 11.1 Å². The Bertz CT molecular complexity index is 1920. The molecule has 0 spiro atoms. The van der Waals surface area contributed by atoms with Crippen LogP contribution in [0.25, 0.3) is 11.0 Å². The second-order valence-corrected chi connectivity index (χ2v) is 10.2. The van der Waals surface area contributed by atoms with Crippen LogP contribution in [-0.4, -0.2) is 21.6 Å². The van der Waals surface area contributed by atoms with Crippen molar-refractivity contribution < 1.29 is 19.1 Å². The van der Waals surface area contributed by atoms with Crippen LogP contribution in [-0.2, 0) is 12.3 Å². The molecule has 0 bridgehead atoms. The van der Waals surface area contributed by atoms with Crippen LogP contribution in [0.3, 0.4) is 0 Å². The largest absolute Gasteiger partial charge is 0.422 e. The zero-order valence-corrected chi connectivity index (χ0v) is 22.9. The number of nitrogens with zero attached hydrogens (tertiary/aromatic N) is 1. The molecule has 0 aliphatic carbocycles. The Morgan fingerprint density at radius 2 is 1.43 bits per heavy atom. The Morgan fingerprint density at radius 3 is 2.12 bits per heavy atom. The van der Waals surface area contributed by atoms with Crippen molar-refractivity contribution in [3.63, 3.8) is 0 Å². The standard InChI is InChI=1S/C36H27NO5/c1-24-33(34(39)29-21-27-17-11-12-20-32(27)42-35(29)40)30(22-31(38)26-15-7-3-8-16-26)36(41,28-18-9-4-10-19-28)37(24)23-25-13-5-2-6-14-25/h2-22,41H,23H2,1H3/b30-22-. The van der Waals surface area contributed by atoms with Crippen LogP contribution in [0.15, 0.2) is 153 Å². The van der Waals surface area contributed by atoms with Gasteiger partial charge in [-0.05, 0) is 30.7 Å². The zero-order valence-electron chi connectivity index (χ0n) is 22.9. The van der Waals surface area contributed by atoms with Gasteiger partial charge in [-0.2, -0.15) is 0 Å². The predicted molar refractivity (Wildman–Crippen MR) is 161 cm³/mol. The highest BCUT2D eigenvalue weighted by Gasteiger charge is 2.50. The Kier molecular flexibility index (Phi) is 6.98. The van der Waals surface area contributed by atoms with Gasteiger partial charge in [0.05, 0.1) is 5.57 Å². The lowest BCUT2D eigenvalue weighted by Crippen LogP contribution is -2.42. The summed E-state index contributed by atoms with van der Waals surface area (Å²) in [6.45, 7) is 1.96. The molecule has 6 heteroatoms. The highest BCUT2D eigenvalue weighted by Crippen LogP contribution is 2.48. The molecule has 1 atom stereocenters. The number of carbonyl (C=O) groups is 2. The van der Waals surface area contributed by atoms with E-state index in [1.807, 2.05) is 36.4 Å². The van der Waals surface area contributed by atoms with Crippen LogP contribution in [0.5, 0.6) is 0 Å². The number of benzene rings is 4. The molecular weight excluding hydrogens is 526 g/mol. The molecule has 0 saturated heterocycles. The summed E-state index contributed by atoms with van der Waals surface area (Å²) < 4.78 is 5.49. The van der Waals surface area contributed by atoms with E-state index in [4.69, 9.17) is 4.42 Å². The van der Waals surface area contributed by atoms with Gasteiger partial charge in [0.15, 0.2) is 11.5 Å². The number of fused-ring (bicyclic) bond motifs is 1. The van der Waals surface area contributed by atoms with Gasteiger partial charge in [-0.25, -0.2) is 4.79 Å². The third kappa shape index (κ3) is 4.68. The Labute approximate surface area is 242 Å². The van der Waals surface area contributed by atoms with Crippen LogP contribution < -0.4 is 5.63 Å². The van der Waals surface area contributed by atoms with Gasteiger partial charge in [0.2, 0.25) is 5.78 Å².